The number of hydrogen-bond donors (Lipinski definition) is 2. The second kappa shape index (κ2) is 13.1. The molecule has 7 heteroatoms. The molecule has 0 aromatic rings. The smallest absolute Gasteiger partial charge is 0.450 e. The SMILES string of the molecule is CCOC(=O)O.CCOC(=O)O.O. The van der Waals surface area contributed by atoms with Gasteiger partial charge in [0.2, 0.25) is 0 Å². The van der Waals surface area contributed by atoms with Gasteiger partial charge in [0, 0.05) is 0 Å². The van der Waals surface area contributed by atoms with E-state index in [-0.39, 0.29) is 18.7 Å². The van der Waals surface area contributed by atoms with Crippen molar-refractivity contribution in [2.75, 3.05) is 13.2 Å². The van der Waals surface area contributed by atoms with Crippen LogP contribution in [-0.2, 0) is 9.47 Å². The molecule has 0 saturated heterocycles. The summed E-state index contributed by atoms with van der Waals surface area (Å²) in [6, 6.07) is 0. The molecule has 0 aromatic heterocycles. The van der Waals surface area contributed by atoms with E-state index in [1.54, 1.807) is 13.8 Å². The van der Waals surface area contributed by atoms with Crippen LogP contribution in [0, 0.1) is 0 Å². The summed E-state index contributed by atoms with van der Waals surface area (Å²) in [5.74, 6) is 0. The number of rotatable bonds is 2. The summed E-state index contributed by atoms with van der Waals surface area (Å²) in [4.78, 5) is 18.8. The molecule has 80 valence electrons. The van der Waals surface area contributed by atoms with Crippen molar-refractivity contribution in [2.45, 2.75) is 13.8 Å². The third kappa shape index (κ3) is 37.5. The lowest BCUT2D eigenvalue weighted by molar-refractivity contribution is 0.0953. The lowest BCUT2D eigenvalue weighted by Crippen LogP contribution is -1.97. The Morgan fingerprint density at radius 3 is 1.23 bits per heavy atom. The van der Waals surface area contributed by atoms with Gasteiger partial charge in [0.25, 0.3) is 0 Å². The van der Waals surface area contributed by atoms with Crippen molar-refractivity contribution in [3.8, 4) is 0 Å². The quantitative estimate of drug-likeness (QED) is 0.625. The van der Waals surface area contributed by atoms with Crippen molar-refractivity contribution in [2.24, 2.45) is 0 Å². The van der Waals surface area contributed by atoms with Gasteiger partial charge in [-0.05, 0) is 13.8 Å². The Balaban J connectivity index is -0.000000143. The molecule has 7 nitrogen and oxygen atoms in total. The fourth-order valence-electron chi connectivity index (χ4n) is 0.247. The van der Waals surface area contributed by atoms with Crippen molar-refractivity contribution in [3.63, 3.8) is 0 Å². The van der Waals surface area contributed by atoms with Crippen LogP contribution in [0.1, 0.15) is 13.8 Å². The van der Waals surface area contributed by atoms with E-state index in [4.69, 9.17) is 10.2 Å². The molecule has 0 amide bonds. The molecule has 0 unspecified atom stereocenters. The third-order valence-corrected chi connectivity index (χ3v) is 0.536. The van der Waals surface area contributed by atoms with Gasteiger partial charge in [-0.25, -0.2) is 9.59 Å². The second-order valence-electron chi connectivity index (χ2n) is 1.40. The van der Waals surface area contributed by atoms with E-state index < -0.39 is 12.3 Å². The maximum atomic E-state index is 9.38. The molecule has 0 saturated carbocycles. The summed E-state index contributed by atoms with van der Waals surface area (Å²) >= 11 is 0. The average Bonchev–Trinajstić information content (AvgIpc) is 1.87. The van der Waals surface area contributed by atoms with Crippen molar-refractivity contribution in [3.05, 3.63) is 0 Å². The standard InChI is InChI=1S/2C3H6O3.H2O/c2*1-2-6-3(4)5;/h2*2H2,1H3,(H,4,5);1H2. The van der Waals surface area contributed by atoms with E-state index in [9.17, 15) is 9.59 Å². The number of carbonyl (C=O) groups is 2. The van der Waals surface area contributed by atoms with Crippen LogP contribution in [0.5, 0.6) is 0 Å². The van der Waals surface area contributed by atoms with Gasteiger partial charge in [-0.3, -0.25) is 0 Å². The molecule has 0 aliphatic rings. The summed E-state index contributed by atoms with van der Waals surface area (Å²) in [6.45, 7) is 3.70. The molecule has 0 bridgehead atoms. The van der Waals surface area contributed by atoms with Crippen molar-refractivity contribution in [1.29, 1.82) is 0 Å². The van der Waals surface area contributed by atoms with E-state index in [0.29, 0.717) is 0 Å². The highest BCUT2D eigenvalue weighted by Crippen LogP contribution is 1.70. The van der Waals surface area contributed by atoms with Gasteiger partial charge >= 0.3 is 12.3 Å². The first-order chi connectivity index (χ1) is 5.54. The van der Waals surface area contributed by atoms with Gasteiger partial charge in [-0.15, -0.1) is 0 Å². The Morgan fingerprint density at radius 2 is 1.23 bits per heavy atom. The van der Waals surface area contributed by atoms with Crippen molar-refractivity contribution < 1.29 is 34.8 Å². The highest BCUT2D eigenvalue weighted by molar-refractivity contribution is 5.56. The lowest BCUT2D eigenvalue weighted by Gasteiger charge is -1.87. The van der Waals surface area contributed by atoms with Crippen LogP contribution in [-0.4, -0.2) is 41.2 Å². The molecule has 0 spiro atoms. The summed E-state index contributed by atoms with van der Waals surface area (Å²) < 4.78 is 7.92. The van der Waals surface area contributed by atoms with Gasteiger partial charge in [0.05, 0.1) is 13.2 Å². The lowest BCUT2D eigenvalue weighted by atomic mass is 10.9. The Bertz CT molecular complexity index is 117. The molecule has 0 aliphatic heterocycles. The predicted molar refractivity (Wildman–Crippen MR) is 42.9 cm³/mol. The number of carboxylic acid groups (broad SMARTS) is 2. The van der Waals surface area contributed by atoms with Gasteiger partial charge in [-0.1, -0.05) is 0 Å². The van der Waals surface area contributed by atoms with Gasteiger partial charge < -0.3 is 25.2 Å². The van der Waals surface area contributed by atoms with E-state index in [1.807, 2.05) is 0 Å². The zero-order valence-electron chi connectivity index (χ0n) is 7.44. The Morgan fingerprint density at radius 1 is 1.00 bits per heavy atom. The molecular formula is C6H14O7. The summed E-state index contributed by atoms with van der Waals surface area (Å²) in [7, 11) is 0. The first-order valence-electron chi connectivity index (χ1n) is 3.26. The van der Waals surface area contributed by atoms with Crippen LogP contribution in [0.2, 0.25) is 0 Å². The van der Waals surface area contributed by atoms with Crippen LogP contribution in [0.25, 0.3) is 0 Å². The summed E-state index contributed by atoms with van der Waals surface area (Å²) in [5.41, 5.74) is 0. The minimum absolute atomic E-state index is 0. The Kier molecular flexibility index (Phi) is 17.7. The molecule has 0 radical (unpaired) electrons. The molecular weight excluding hydrogens is 184 g/mol. The molecule has 0 atom stereocenters. The van der Waals surface area contributed by atoms with Crippen LogP contribution in [0.3, 0.4) is 0 Å². The van der Waals surface area contributed by atoms with Gasteiger partial charge in [0.1, 0.15) is 0 Å². The van der Waals surface area contributed by atoms with E-state index in [1.165, 1.54) is 0 Å². The largest absolute Gasteiger partial charge is 0.505 e. The molecule has 0 aromatic carbocycles. The zero-order chi connectivity index (χ0) is 9.98. The highest BCUT2D eigenvalue weighted by Gasteiger charge is 1.86. The minimum Gasteiger partial charge on any atom is -0.450 e. The first kappa shape index (κ1) is 17.5. The van der Waals surface area contributed by atoms with E-state index >= 15 is 0 Å². The van der Waals surface area contributed by atoms with Gasteiger partial charge in [-0.2, -0.15) is 0 Å². The topological polar surface area (TPSA) is 125 Å². The van der Waals surface area contributed by atoms with Gasteiger partial charge in [0.15, 0.2) is 0 Å². The first-order valence-corrected chi connectivity index (χ1v) is 3.26. The molecule has 0 fully saturated rings. The Labute approximate surface area is 75.2 Å². The Hall–Kier alpha value is -1.50. The molecule has 0 rings (SSSR count). The van der Waals surface area contributed by atoms with Crippen LogP contribution < -0.4 is 0 Å². The summed E-state index contributed by atoms with van der Waals surface area (Å²) in [6.07, 6.45) is -2.42. The molecule has 4 N–H and O–H groups in total. The fourth-order valence-corrected chi connectivity index (χ4v) is 0.247. The van der Waals surface area contributed by atoms with Crippen LogP contribution in [0.15, 0.2) is 0 Å². The monoisotopic (exact) mass is 198 g/mol. The number of hydrogen-bond acceptors (Lipinski definition) is 4. The van der Waals surface area contributed by atoms with Crippen molar-refractivity contribution >= 4 is 12.3 Å². The number of ether oxygens (including phenoxy) is 2. The molecule has 0 aliphatic carbocycles. The average molecular weight is 198 g/mol. The maximum absolute atomic E-state index is 9.38. The second-order valence-corrected chi connectivity index (χ2v) is 1.40. The fraction of sp³-hybridized carbons (Fsp3) is 0.667. The third-order valence-electron chi connectivity index (χ3n) is 0.536. The van der Waals surface area contributed by atoms with E-state index in [0.717, 1.165) is 0 Å². The highest BCUT2D eigenvalue weighted by atomic mass is 16.7. The minimum atomic E-state index is -1.21. The molecule has 0 heterocycles. The normalized spacial score (nSPS) is 6.92. The van der Waals surface area contributed by atoms with Crippen LogP contribution >= 0.6 is 0 Å². The predicted octanol–water partition coefficient (Wildman–Crippen LogP) is 0.577. The van der Waals surface area contributed by atoms with Crippen molar-refractivity contribution in [1.82, 2.24) is 0 Å². The maximum Gasteiger partial charge on any atom is 0.505 e. The van der Waals surface area contributed by atoms with Crippen LogP contribution in [0.4, 0.5) is 9.59 Å². The van der Waals surface area contributed by atoms with E-state index in [2.05, 4.69) is 9.47 Å². The zero-order valence-corrected chi connectivity index (χ0v) is 7.44. The summed E-state index contributed by atoms with van der Waals surface area (Å²) in [5, 5.41) is 15.4. The molecule has 13 heavy (non-hydrogen) atoms.